The Hall–Kier alpha value is -6.57. The van der Waals surface area contributed by atoms with Crippen LogP contribution in [0.4, 0.5) is 0 Å². The van der Waals surface area contributed by atoms with Crippen molar-refractivity contribution >= 4 is 76.2 Å². The maximum absolute atomic E-state index is 11.2. The Morgan fingerprint density at radius 1 is 0.359 bits per heavy atom. The Morgan fingerprint density at radius 2 is 0.551 bits per heavy atom. The summed E-state index contributed by atoms with van der Waals surface area (Å²) in [7, 11) is -1.91. The van der Waals surface area contributed by atoms with Crippen LogP contribution in [0, 0.1) is 0 Å². The van der Waals surface area contributed by atoms with Gasteiger partial charge in [-0.15, -0.1) is 0 Å². The first-order chi connectivity index (χ1) is 37.2. The summed E-state index contributed by atoms with van der Waals surface area (Å²) >= 11 is 0. The van der Waals surface area contributed by atoms with E-state index in [1.54, 1.807) is 0 Å². The number of carboxylic acids is 4. The first-order valence-corrected chi connectivity index (χ1v) is 27.4. The molecule has 0 saturated carbocycles. The van der Waals surface area contributed by atoms with Crippen molar-refractivity contribution in [2.75, 3.05) is 78.8 Å². The van der Waals surface area contributed by atoms with Crippen LogP contribution in [-0.4, -0.2) is 127 Å². The van der Waals surface area contributed by atoms with Gasteiger partial charge < -0.3 is 69.2 Å². The molecule has 0 aliphatic carbocycles. The van der Waals surface area contributed by atoms with E-state index in [-0.39, 0.29) is 67.1 Å². The predicted octanol–water partition coefficient (Wildman–Crippen LogP) is -1.51. The number of carbonyl (C=O) groups excluding carboxylic acids is 8. The quantitative estimate of drug-likeness (QED) is 0.0542. The molecule has 1 radical (unpaired) electrons. The van der Waals surface area contributed by atoms with Crippen LogP contribution in [-0.2, 0) is 74.4 Å². The molecule has 0 bridgehead atoms. The van der Waals surface area contributed by atoms with Crippen molar-refractivity contribution in [1.82, 2.24) is 21.3 Å². The minimum atomic E-state index is -1.91. The van der Waals surface area contributed by atoms with Gasteiger partial charge in [0.1, 0.15) is 28.5 Å². The fourth-order valence-corrected chi connectivity index (χ4v) is 11.6. The smallest absolute Gasteiger partial charge is 0.549 e. The van der Waals surface area contributed by atoms with Crippen molar-refractivity contribution in [2.24, 2.45) is 0 Å². The van der Waals surface area contributed by atoms with Crippen molar-refractivity contribution in [3.05, 3.63) is 121 Å². The van der Waals surface area contributed by atoms with Crippen molar-refractivity contribution < 1.29 is 94.8 Å². The molecule has 2 aliphatic rings. The minimum absolute atomic E-state index is 0. The van der Waals surface area contributed by atoms with Crippen LogP contribution in [0.2, 0.25) is 0 Å². The Kier molecular flexibility index (Phi) is 39.5. The third-order valence-electron chi connectivity index (χ3n) is 10.9. The molecule has 2 saturated heterocycles. The van der Waals surface area contributed by atoms with Gasteiger partial charge in [-0.2, -0.15) is 0 Å². The Labute approximate surface area is 467 Å². The number of hydrogen-bond donors (Lipinski definition) is 4. The molecule has 0 amide bonds. The van der Waals surface area contributed by atoms with Gasteiger partial charge in [-0.05, 0) is 74.2 Å². The second-order valence-corrected chi connectivity index (χ2v) is 20.4. The first kappa shape index (κ1) is 69.4. The molecule has 425 valence electrons. The third-order valence-corrected chi connectivity index (χ3v) is 15.1. The topological polar surface area (TPSA) is 314 Å². The molecular weight excluding hydrogens is 1070 g/mol. The molecule has 2 aliphatic heterocycles. The zero-order valence-electron chi connectivity index (χ0n) is 43.9. The number of rotatable bonds is 12. The summed E-state index contributed by atoms with van der Waals surface area (Å²) in [6.07, 6.45) is 12.6. The van der Waals surface area contributed by atoms with Crippen LogP contribution in [0.1, 0.15) is 77.0 Å². The summed E-state index contributed by atoms with van der Waals surface area (Å²) in [6, 6.07) is 43.8. The van der Waals surface area contributed by atoms with Gasteiger partial charge in [0.25, 0.3) is 0 Å². The van der Waals surface area contributed by atoms with Gasteiger partial charge in [0.15, 0.2) is 0 Å². The molecule has 4 aromatic carbocycles. The van der Waals surface area contributed by atoms with Crippen LogP contribution in [0.15, 0.2) is 121 Å². The Morgan fingerprint density at radius 3 is 0.744 bits per heavy atom. The standard InChI is InChI=1S/C24H20P.2C12H21NO4.2C4H7NO4.Fe/c1-5-13-21(14-6-1)25(22-15-7-2-8-16-22,23-17-9-3-10-18-23)24-19-11-4-12-20-24;2*14-11-9-13-10-12(15)17-8-6-4-2-1-3-5-7-16-11;2*6-3(7)1-5-2-4(8)9;/h1-20H;2*13H,1-10H2;2*5H,1-2H2,(H,6,7)(H,8,9);/q+1;;;;;+3/p-4. The largest absolute Gasteiger partial charge is 3.00 e. The van der Waals surface area contributed by atoms with E-state index in [0.717, 1.165) is 77.0 Å². The number of esters is 4. The van der Waals surface area contributed by atoms with Gasteiger partial charge in [0.2, 0.25) is 0 Å². The van der Waals surface area contributed by atoms with Gasteiger partial charge in [-0.1, -0.05) is 124 Å². The van der Waals surface area contributed by atoms with Gasteiger partial charge in [0, 0.05) is 26.2 Å². The normalized spacial score (nSPS) is 15.2. The summed E-state index contributed by atoms with van der Waals surface area (Å²) in [5, 5.41) is 53.5. The van der Waals surface area contributed by atoms with E-state index >= 15 is 0 Å². The van der Waals surface area contributed by atoms with Crippen molar-refractivity contribution in [3.8, 4) is 0 Å². The molecule has 2 heterocycles. The fraction of sp³-hybridized carbons (Fsp3) is 0.429. The number of carbonyl (C=O) groups is 8. The SMILES string of the molecule is O=C([O-])CNCC(=O)[O-].O=C([O-])CNCC(=O)[O-].O=C1CNCC(=O)OCCCCCCCCO1.O=C1CNCC(=O)OCCCCCCCCO1.[Fe+3].c1ccc([P+](c2ccccc2)(c2ccccc2)c2ccccc2)cc1. The molecular formula is C56H72FeN4O16P. The van der Waals surface area contributed by atoms with Crippen molar-refractivity contribution in [1.29, 1.82) is 0 Å². The average Bonchev–Trinajstić information content (AvgIpc) is 3.43. The number of aliphatic carboxylic acids is 4. The first-order valence-electron chi connectivity index (χ1n) is 25.6. The second kappa shape index (κ2) is 44.4. The molecule has 2 fully saturated rings. The molecule has 22 heteroatoms. The molecule has 6 rings (SSSR count). The van der Waals surface area contributed by atoms with Gasteiger partial charge >= 0.3 is 40.9 Å². The van der Waals surface area contributed by atoms with Crippen LogP contribution < -0.4 is 62.9 Å². The van der Waals surface area contributed by atoms with Crippen LogP contribution in [0.25, 0.3) is 0 Å². The Bertz CT molecular complexity index is 1990. The molecule has 0 aromatic heterocycles. The number of hydrogen-bond acceptors (Lipinski definition) is 20. The zero-order chi connectivity index (χ0) is 56.2. The molecule has 4 aromatic rings. The van der Waals surface area contributed by atoms with E-state index in [1.807, 2.05) is 0 Å². The predicted molar refractivity (Wildman–Crippen MR) is 282 cm³/mol. The monoisotopic (exact) mass is 1140 g/mol. The van der Waals surface area contributed by atoms with Crippen molar-refractivity contribution in [3.63, 3.8) is 0 Å². The number of cyclic esters (lactones) is 4. The number of nitrogens with one attached hydrogen (secondary N) is 4. The number of benzene rings is 4. The van der Waals surface area contributed by atoms with E-state index in [1.165, 1.54) is 21.2 Å². The molecule has 20 nitrogen and oxygen atoms in total. The third kappa shape index (κ3) is 32.9. The van der Waals surface area contributed by atoms with E-state index in [9.17, 15) is 58.8 Å². The summed E-state index contributed by atoms with van der Waals surface area (Å²) < 4.78 is 20.0. The maximum atomic E-state index is 11.2. The van der Waals surface area contributed by atoms with Gasteiger partial charge in [0.05, 0.1) is 76.5 Å². The second-order valence-electron chi connectivity index (χ2n) is 17.0. The van der Waals surface area contributed by atoms with Gasteiger partial charge in [-0.25, -0.2) is 0 Å². The van der Waals surface area contributed by atoms with Crippen LogP contribution in [0.3, 0.4) is 0 Å². The number of ether oxygens (including phenoxy) is 4. The molecule has 4 N–H and O–H groups in total. The average molecular weight is 1140 g/mol. The minimum Gasteiger partial charge on any atom is -0.549 e. The molecule has 0 atom stereocenters. The molecule has 0 unspecified atom stereocenters. The van der Waals surface area contributed by atoms with Crippen LogP contribution >= 0.6 is 7.26 Å². The van der Waals surface area contributed by atoms with E-state index < -0.39 is 57.3 Å². The van der Waals surface area contributed by atoms with Crippen molar-refractivity contribution in [2.45, 2.75) is 77.0 Å². The maximum Gasteiger partial charge on any atom is 3.00 e. The van der Waals surface area contributed by atoms with E-state index in [2.05, 4.69) is 143 Å². The molecule has 78 heavy (non-hydrogen) atoms. The fourth-order valence-electron chi connectivity index (χ4n) is 7.34. The Balaban J connectivity index is 0.000000514. The molecule has 0 spiro atoms. The summed E-state index contributed by atoms with van der Waals surface area (Å²) in [6.45, 7) is 0.310. The van der Waals surface area contributed by atoms with E-state index in [0.29, 0.717) is 26.4 Å². The van der Waals surface area contributed by atoms with E-state index in [4.69, 9.17) is 18.9 Å². The zero-order valence-corrected chi connectivity index (χ0v) is 45.8. The summed E-state index contributed by atoms with van der Waals surface area (Å²) in [5.74, 6) is -6.60. The van der Waals surface area contributed by atoms with Crippen LogP contribution in [0.5, 0.6) is 0 Å². The summed E-state index contributed by atoms with van der Waals surface area (Å²) in [5.41, 5.74) is 0. The van der Waals surface area contributed by atoms with Gasteiger partial charge in [-0.3, -0.25) is 29.8 Å². The number of carboxylic acid groups (broad SMARTS) is 4. The summed E-state index contributed by atoms with van der Waals surface area (Å²) in [4.78, 5) is 83.1.